The van der Waals surface area contributed by atoms with Gasteiger partial charge in [0, 0.05) is 61.0 Å². The molecule has 7 nitrogen and oxygen atoms in total. The second-order valence-corrected chi connectivity index (χ2v) is 9.35. The number of pyridine rings is 2. The predicted molar refractivity (Wildman–Crippen MR) is 125 cm³/mol. The number of hydrogen-bond donors (Lipinski definition) is 1. The molecule has 0 bridgehead atoms. The van der Waals surface area contributed by atoms with Crippen molar-refractivity contribution in [2.24, 2.45) is 5.92 Å². The van der Waals surface area contributed by atoms with Gasteiger partial charge in [-0.15, -0.1) is 0 Å². The van der Waals surface area contributed by atoms with E-state index in [1.54, 1.807) is 18.6 Å². The lowest BCUT2D eigenvalue weighted by atomic mass is 10.0. The van der Waals surface area contributed by atoms with Crippen LogP contribution < -0.4 is 5.32 Å². The average molecular weight is 431 g/mol. The molecule has 3 aromatic heterocycles. The SMILES string of the molecule is CC(C)N1CCC(Nc2cncc(-c3cc4cc(CC(=O)C5CC5)ncc4cn3)n2)CC1. The van der Waals surface area contributed by atoms with Gasteiger partial charge in [-0.2, -0.15) is 0 Å². The molecule has 0 radical (unpaired) electrons. The van der Waals surface area contributed by atoms with Crippen molar-refractivity contribution in [1.29, 1.82) is 0 Å². The van der Waals surface area contributed by atoms with E-state index in [1.165, 1.54) is 0 Å². The fraction of sp³-hybridized carbons (Fsp3) is 0.480. The maximum atomic E-state index is 12.2. The van der Waals surface area contributed by atoms with Gasteiger partial charge in [0.15, 0.2) is 0 Å². The smallest absolute Gasteiger partial charge is 0.145 e. The normalized spacial score (nSPS) is 17.7. The number of hydrogen-bond acceptors (Lipinski definition) is 7. The van der Waals surface area contributed by atoms with E-state index in [4.69, 9.17) is 4.98 Å². The Morgan fingerprint density at radius 2 is 1.78 bits per heavy atom. The summed E-state index contributed by atoms with van der Waals surface area (Å²) in [6.07, 6.45) is 11.8. The van der Waals surface area contributed by atoms with Crippen molar-refractivity contribution in [3.05, 3.63) is 42.6 Å². The highest BCUT2D eigenvalue weighted by atomic mass is 16.1. The van der Waals surface area contributed by atoms with Gasteiger partial charge in [0.1, 0.15) is 17.3 Å². The highest BCUT2D eigenvalue weighted by molar-refractivity contribution is 5.88. The van der Waals surface area contributed by atoms with Gasteiger partial charge in [-0.05, 0) is 57.0 Å². The molecule has 3 aromatic rings. The number of carbonyl (C=O) groups is 1. The molecule has 166 valence electrons. The highest BCUT2D eigenvalue weighted by Gasteiger charge is 2.29. The second kappa shape index (κ2) is 8.90. The molecule has 4 heterocycles. The van der Waals surface area contributed by atoms with E-state index in [9.17, 15) is 4.79 Å². The largest absolute Gasteiger partial charge is 0.366 e. The third kappa shape index (κ3) is 4.78. The molecule has 2 fully saturated rings. The lowest BCUT2D eigenvalue weighted by molar-refractivity contribution is -0.119. The van der Waals surface area contributed by atoms with Gasteiger partial charge in [-0.1, -0.05) is 0 Å². The minimum Gasteiger partial charge on any atom is -0.366 e. The summed E-state index contributed by atoms with van der Waals surface area (Å²) in [5.74, 6) is 1.34. The number of Topliss-reactive ketones (excluding diaryl/α,β-unsaturated/α-hetero) is 1. The minimum absolute atomic E-state index is 0.253. The first kappa shape index (κ1) is 20.9. The van der Waals surface area contributed by atoms with Crippen molar-refractivity contribution in [2.45, 2.75) is 58.0 Å². The molecule has 32 heavy (non-hydrogen) atoms. The lowest BCUT2D eigenvalue weighted by Gasteiger charge is -2.35. The highest BCUT2D eigenvalue weighted by Crippen LogP contribution is 2.31. The van der Waals surface area contributed by atoms with E-state index in [0.29, 0.717) is 24.3 Å². The predicted octanol–water partition coefficient (Wildman–Crippen LogP) is 3.89. The minimum atomic E-state index is 0.253. The van der Waals surface area contributed by atoms with Crippen molar-refractivity contribution < 1.29 is 4.79 Å². The Kier molecular flexibility index (Phi) is 5.83. The van der Waals surface area contributed by atoms with Crippen LogP contribution in [0.3, 0.4) is 0 Å². The molecule has 0 atom stereocenters. The van der Waals surface area contributed by atoms with Crippen molar-refractivity contribution in [1.82, 2.24) is 24.8 Å². The summed E-state index contributed by atoms with van der Waals surface area (Å²) in [7, 11) is 0. The summed E-state index contributed by atoms with van der Waals surface area (Å²) in [5.41, 5.74) is 2.33. The standard InChI is InChI=1S/C25H30N6O/c1-16(2)31-7-5-20(6-8-31)29-25-15-26-14-23(30-25)22-10-18-9-21(11-24(32)17-3-4-17)27-12-19(18)13-28-22/h9-10,12-17,20H,3-8,11H2,1-2H3,(H,29,30). The second-order valence-electron chi connectivity index (χ2n) is 9.35. The van der Waals surface area contributed by atoms with Gasteiger partial charge in [-0.25, -0.2) is 4.98 Å². The van der Waals surface area contributed by atoms with Crippen LogP contribution in [-0.2, 0) is 11.2 Å². The van der Waals surface area contributed by atoms with Crippen molar-refractivity contribution in [3.63, 3.8) is 0 Å². The quantitative estimate of drug-likeness (QED) is 0.609. The summed E-state index contributed by atoms with van der Waals surface area (Å²) in [4.78, 5) is 32.9. The molecule has 1 saturated heterocycles. The molecule has 1 aliphatic carbocycles. The van der Waals surface area contributed by atoms with Gasteiger partial charge in [0.05, 0.1) is 18.1 Å². The van der Waals surface area contributed by atoms with E-state index in [0.717, 1.165) is 72.4 Å². The Morgan fingerprint density at radius 3 is 2.53 bits per heavy atom. The zero-order valence-corrected chi connectivity index (χ0v) is 18.8. The molecular formula is C25H30N6O. The Hall–Kier alpha value is -2.93. The van der Waals surface area contributed by atoms with E-state index in [2.05, 4.69) is 39.0 Å². The van der Waals surface area contributed by atoms with Crippen LogP contribution in [0.5, 0.6) is 0 Å². The van der Waals surface area contributed by atoms with Gasteiger partial charge < -0.3 is 10.2 Å². The Balaban J connectivity index is 1.31. The number of nitrogens with one attached hydrogen (secondary N) is 1. The first-order chi connectivity index (χ1) is 15.5. The number of anilines is 1. The third-order valence-corrected chi connectivity index (χ3v) is 6.56. The molecular weight excluding hydrogens is 400 g/mol. The summed E-state index contributed by atoms with van der Waals surface area (Å²) < 4.78 is 0. The molecule has 5 rings (SSSR count). The summed E-state index contributed by atoms with van der Waals surface area (Å²) in [6.45, 7) is 6.72. The number of aromatic nitrogens is 4. The molecule has 1 saturated carbocycles. The first-order valence-electron chi connectivity index (χ1n) is 11.7. The number of carbonyl (C=O) groups excluding carboxylic acids is 1. The van der Waals surface area contributed by atoms with E-state index >= 15 is 0 Å². The van der Waals surface area contributed by atoms with Crippen molar-refractivity contribution in [2.75, 3.05) is 18.4 Å². The molecule has 0 aromatic carbocycles. The van der Waals surface area contributed by atoms with Crippen molar-refractivity contribution >= 4 is 22.4 Å². The van der Waals surface area contributed by atoms with Gasteiger partial charge in [-0.3, -0.25) is 19.7 Å². The molecule has 1 aliphatic heterocycles. The van der Waals surface area contributed by atoms with Crippen LogP contribution in [0.25, 0.3) is 22.2 Å². The summed E-state index contributed by atoms with van der Waals surface area (Å²) in [6, 6.07) is 5.02. The number of fused-ring (bicyclic) bond motifs is 1. The number of piperidine rings is 1. The van der Waals surface area contributed by atoms with E-state index in [1.807, 2.05) is 18.3 Å². The molecule has 1 N–H and O–H groups in total. The fourth-order valence-corrected chi connectivity index (χ4v) is 4.38. The van der Waals surface area contributed by atoms with E-state index < -0.39 is 0 Å². The van der Waals surface area contributed by atoms with Gasteiger partial charge in [0.2, 0.25) is 0 Å². The number of likely N-dealkylation sites (tertiary alicyclic amines) is 1. The van der Waals surface area contributed by atoms with Crippen LogP contribution in [0.2, 0.25) is 0 Å². The maximum Gasteiger partial charge on any atom is 0.145 e. The van der Waals surface area contributed by atoms with Gasteiger partial charge in [0.25, 0.3) is 0 Å². The topological polar surface area (TPSA) is 83.9 Å². The summed E-state index contributed by atoms with van der Waals surface area (Å²) >= 11 is 0. The Morgan fingerprint density at radius 1 is 1.00 bits per heavy atom. The monoisotopic (exact) mass is 430 g/mol. The molecule has 0 spiro atoms. The zero-order chi connectivity index (χ0) is 22.1. The fourth-order valence-electron chi connectivity index (χ4n) is 4.38. The first-order valence-corrected chi connectivity index (χ1v) is 11.7. The van der Waals surface area contributed by atoms with Crippen molar-refractivity contribution in [3.8, 4) is 11.4 Å². The summed E-state index contributed by atoms with van der Waals surface area (Å²) in [5, 5.41) is 5.53. The van der Waals surface area contributed by atoms with Gasteiger partial charge >= 0.3 is 0 Å². The maximum absolute atomic E-state index is 12.2. The average Bonchev–Trinajstić information content (AvgIpc) is 3.65. The third-order valence-electron chi connectivity index (χ3n) is 6.56. The zero-order valence-electron chi connectivity index (χ0n) is 18.8. The van der Waals surface area contributed by atoms with E-state index in [-0.39, 0.29) is 5.92 Å². The van der Waals surface area contributed by atoms with Crippen LogP contribution >= 0.6 is 0 Å². The van der Waals surface area contributed by atoms with Crippen LogP contribution in [0, 0.1) is 5.92 Å². The number of nitrogens with zero attached hydrogens (tertiary/aromatic N) is 5. The number of ketones is 1. The molecule has 7 heteroatoms. The van der Waals surface area contributed by atoms with Crippen LogP contribution in [0.1, 0.15) is 45.2 Å². The number of rotatable bonds is 7. The molecule has 0 unspecified atom stereocenters. The Bertz CT molecular complexity index is 1120. The molecule has 2 aliphatic rings. The van der Waals surface area contributed by atoms with Crippen LogP contribution in [0.15, 0.2) is 36.9 Å². The van der Waals surface area contributed by atoms with Crippen LogP contribution in [0.4, 0.5) is 5.82 Å². The lowest BCUT2D eigenvalue weighted by Crippen LogP contribution is -2.42. The molecule has 0 amide bonds. The van der Waals surface area contributed by atoms with Crippen LogP contribution in [-0.4, -0.2) is 55.8 Å². The Labute approximate surface area is 188 Å².